The molecule has 1 N–H and O–H groups in total. The Balaban J connectivity index is 1.58. The number of thioether (sulfide) groups is 1. The van der Waals surface area contributed by atoms with Crippen molar-refractivity contribution < 1.29 is 9.84 Å². The summed E-state index contributed by atoms with van der Waals surface area (Å²) in [6, 6.07) is 0.635. The average molecular weight is 285 g/mol. The second-order valence-corrected chi connectivity index (χ2v) is 8.18. The van der Waals surface area contributed by atoms with Crippen molar-refractivity contribution in [2.24, 2.45) is 5.92 Å². The normalized spacial score (nSPS) is 34.4. The Morgan fingerprint density at radius 3 is 2.58 bits per heavy atom. The first-order chi connectivity index (χ1) is 9.03. The summed E-state index contributed by atoms with van der Waals surface area (Å²) in [6.45, 7) is 6.88. The van der Waals surface area contributed by atoms with Crippen LogP contribution in [-0.2, 0) is 4.74 Å². The summed E-state index contributed by atoms with van der Waals surface area (Å²) in [5.74, 6) is 2.87. The van der Waals surface area contributed by atoms with Crippen LogP contribution in [0.15, 0.2) is 0 Å². The minimum absolute atomic E-state index is 0.166. The van der Waals surface area contributed by atoms with E-state index in [1.807, 2.05) is 0 Å². The lowest BCUT2D eigenvalue weighted by molar-refractivity contribution is -0.176. The predicted molar refractivity (Wildman–Crippen MR) is 79.6 cm³/mol. The van der Waals surface area contributed by atoms with Crippen LogP contribution in [0.5, 0.6) is 0 Å². The van der Waals surface area contributed by atoms with Crippen molar-refractivity contribution in [1.29, 1.82) is 0 Å². The van der Waals surface area contributed by atoms with Crippen LogP contribution in [0.4, 0.5) is 0 Å². The molecule has 0 amide bonds. The van der Waals surface area contributed by atoms with Gasteiger partial charge in [-0.25, -0.2) is 0 Å². The van der Waals surface area contributed by atoms with Crippen molar-refractivity contribution in [3.8, 4) is 0 Å². The summed E-state index contributed by atoms with van der Waals surface area (Å²) in [7, 11) is 0. The van der Waals surface area contributed by atoms with Gasteiger partial charge in [0.25, 0.3) is 0 Å². The van der Waals surface area contributed by atoms with Crippen molar-refractivity contribution in [1.82, 2.24) is 4.90 Å². The number of hydrogen-bond acceptors (Lipinski definition) is 4. The number of hydrogen-bond donors (Lipinski definition) is 1. The van der Waals surface area contributed by atoms with E-state index in [0.717, 1.165) is 26.1 Å². The third kappa shape index (κ3) is 2.69. The summed E-state index contributed by atoms with van der Waals surface area (Å²) >= 11 is 2.06. The van der Waals surface area contributed by atoms with Gasteiger partial charge in [0.2, 0.25) is 0 Å². The molecule has 3 heterocycles. The van der Waals surface area contributed by atoms with Crippen molar-refractivity contribution in [2.45, 2.75) is 56.8 Å². The summed E-state index contributed by atoms with van der Waals surface area (Å²) in [4.78, 5) is 2.49. The van der Waals surface area contributed by atoms with Gasteiger partial charge < -0.3 is 9.84 Å². The highest BCUT2D eigenvalue weighted by molar-refractivity contribution is 7.99. The molecule has 0 aliphatic carbocycles. The number of aliphatic hydroxyl groups is 1. The zero-order chi connectivity index (χ0) is 13.5. The molecule has 4 heteroatoms. The molecule has 1 unspecified atom stereocenters. The molecule has 3 aliphatic heterocycles. The van der Waals surface area contributed by atoms with Crippen LogP contribution in [0.1, 0.15) is 39.5 Å². The lowest BCUT2D eigenvalue weighted by atomic mass is 9.78. The van der Waals surface area contributed by atoms with Gasteiger partial charge in [0, 0.05) is 25.7 Å². The van der Waals surface area contributed by atoms with E-state index in [9.17, 15) is 5.11 Å². The molecule has 3 aliphatic rings. The third-order valence-electron chi connectivity index (χ3n) is 5.42. The van der Waals surface area contributed by atoms with Gasteiger partial charge in [0.05, 0.1) is 11.2 Å². The molecule has 0 aromatic rings. The number of rotatable bonds is 2. The lowest BCUT2D eigenvalue weighted by Gasteiger charge is -2.55. The molecule has 1 atom stereocenters. The number of likely N-dealkylation sites (tertiary alicyclic amines) is 1. The maximum atomic E-state index is 10.4. The highest BCUT2D eigenvalue weighted by Crippen LogP contribution is 2.41. The van der Waals surface area contributed by atoms with Crippen molar-refractivity contribution >= 4 is 11.8 Å². The Morgan fingerprint density at radius 1 is 1.26 bits per heavy atom. The largest absolute Gasteiger partial charge is 0.387 e. The van der Waals surface area contributed by atoms with Gasteiger partial charge in [-0.2, -0.15) is 11.8 Å². The van der Waals surface area contributed by atoms with Crippen molar-refractivity contribution in [3.63, 3.8) is 0 Å². The van der Waals surface area contributed by atoms with Crippen LogP contribution in [0.2, 0.25) is 0 Å². The first-order valence-corrected chi connectivity index (χ1v) is 8.87. The van der Waals surface area contributed by atoms with Gasteiger partial charge in [0.15, 0.2) is 0 Å². The van der Waals surface area contributed by atoms with Crippen LogP contribution < -0.4 is 0 Å². The first-order valence-electron chi connectivity index (χ1n) is 7.71. The SMILES string of the molecule is CC(C)C1(O)CN(C2CCOC3(CCSCC3)C2)C1. The number of nitrogens with zero attached hydrogens (tertiary/aromatic N) is 1. The van der Waals surface area contributed by atoms with E-state index in [4.69, 9.17) is 4.74 Å². The van der Waals surface area contributed by atoms with Crippen LogP contribution in [-0.4, -0.2) is 58.5 Å². The molecule has 110 valence electrons. The van der Waals surface area contributed by atoms with Crippen LogP contribution in [0.25, 0.3) is 0 Å². The Kier molecular flexibility index (Phi) is 3.89. The smallest absolute Gasteiger partial charge is 0.0923 e. The van der Waals surface area contributed by atoms with Gasteiger partial charge in [-0.05, 0) is 43.1 Å². The van der Waals surface area contributed by atoms with E-state index in [1.165, 1.54) is 30.8 Å². The van der Waals surface area contributed by atoms with Gasteiger partial charge >= 0.3 is 0 Å². The van der Waals surface area contributed by atoms with Gasteiger partial charge in [-0.1, -0.05) is 13.8 Å². The lowest BCUT2D eigenvalue weighted by Crippen LogP contribution is -2.68. The van der Waals surface area contributed by atoms with Crippen LogP contribution in [0, 0.1) is 5.92 Å². The molecule has 3 fully saturated rings. The Hall–Kier alpha value is 0.230. The van der Waals surface area contributed by atoms with Crippen molar-refractivity contribution in [2.75, 3.05) is 31.2 Å². The molecule has 0 aromatic carbocycles. The second-order valence-electron chi connectivity index (χ2n) is 6.95. The maximum Gasteiger partial charge on any atom is 0.0923 e. The summed E-state index contributed by atoms with van der Waals surface area (Å²) in [5, 5.41) is 10.4. The van der Waals surface area contributed by atoms with Gasteiger partial charge in [0.1, 0.15) is 0 Å². The molecule has 1 spiro atoms. The van der Waals surface area contributed by atoms with E-state index < -0.39 is 5.60 Å². The minimum Gasteiger partial charge on any atom is -0.387 e. The molecular weight excluding hydrogens is 258 g/mol. The zero-order valence-corrected chi connectivity index (χ0v) is 13.0. The molecule has 0 bridgehead atoms. The fraction of sp³-hybridized carbons (Fsp3) is 1.00. The summed E-state index contributed by atoms with van der Waals surface area (Å²) in [5.41, 5.74) is -0.270. The molecule has 19 heavy (non-hydrogen) atoms. The number of β-amino-alcohol motifs (C(OH)–C–C–N with tert-alkyl or cyclic N) is 1. The molecular formula is C15H27NO2S. The quantitative estimate of drug-likeness (QED) is 0.842. The Labute approximate surface area is 121 Å². The van der Waals surface area contributed by atoms with Crippen molar-refractivity contribution in [3.05, 3.63) is 0 Å². The van der Waals surface area contributed by atoms with Crippen LogP contribution >= 0.6 is 11.8 Å². The standard InChI is InChI=1S/C15H27NO2S/c1-12(2)15(17)10-16(11-15)13-3-6-18-14(9-13)4-7-19-8-5-14/h12-13,17H,3-11H2,1-2H3. The topological polar surface area (TPSA) is 32.7 Å². The van der Waals surface area contributed by atoms with E-state index in [-0.39, 0.29) is 5.60 Å². The fourth-order valence-electron chi connectivity index (χ4n) is 3.69. The maximum absolute atomic E-state index is 10.4. The molecule has 0 radical (unpaired) electrons. The predicted octanol–water partition coefficient (Wildman–Crippen LogP) is 2.13. The highest BCUT2D eigenvalue weighted by atomic mass is 32.2. The third-order valence-corrected chi connectivity index (χ3v) is 6.40. The van der Waals surface area contributed by atoms with E-state index in [0.29, 0.717) is 12.0 Å². The molecule has 3 saturated heterocycles. The average Bonchev–Trinajstić information content (AvgIpc) is 2.35. The fourth-order valence-corrected chi connectivity index (χ4v) is 4.92. The molecule has 0 saturated carbocycles. The minimum atomic E-state index is -0.437. The summed E-state index contributed by atoms with van der Waals surface area (Å²) < 4.78 is 6.15. The van der Waals surface area contributed by atoms with E-state index in [1.54, 1.807) is 0 Å². The van der Waals surface area contributed by atoms with E-state index >= 15 is 0 Å². The molecule has 3 nitrogen and oxygen atoms in total. The Bertz CT molecular complexity index is 317. The van der Waals surface area contributed by atoms with Gasteiger partial charge in [-0.3, -0.25) is 4.90 Å². The first kappa shape index (κ1) is 14.2. The second kappa shape index (κ2) is 5.21. The molecule has 3 rings (SSSR count). The van der Waals surface area contributed by atoms with Gasteiger partial charge in [-0.15, -0.1) is 0 Å². The van der Waals surface area contributed by atoms with Crippen LogP contribution in [0.3, 0.4) is 0 Å². The summed E-state index contributed by atoms with van der Waals surface area (Å²) in [6.07, 6.45) is 4.76. The molecule has 0 aromatic heterocycles. The zero-order valence-electron chi connectivity index (χ0n) is 12.2. The Morgan fingerprint density at radius 2 is 1.95 bits per heavy atom. The van der Waals surface area contributed by atoms with E-state index in [2.05, 4.69) is 30.5 Å². The highest BCUT2D eigenvalue weighted by Gasteiger charge is 2.49. The number of ether oxygens (including phenoxy) is 1. The monoisotopic (exact) mass is 285 g/mol.